The van der Waals surface area contributed by atoms with Crippen LogP contribution in [0.3, 0.4) is 0 Å². The molecule has 0 aliphatic heterocycles. The number of hydrogen-bond donors (Lipinski definition) is 1. The first-order chi connectivity index (χ1) is 9.89. The van der Waals surface area contributed by atoms with Crippen LogP contribution in [-0.4, -0.2) is 35.0 Å². The zero-order valence-corrected chi connectivity index (χ0v) is 13.3. The van der Waals surface area contributed by atoms with Gasteiger partial charge in [-0.2, -0.15) is 9.40 Å². The highest BCUT2D eigenvalue weighted by molar-refractivity contribution is 7.89. The third-order valence-corrected chi connectivity index (χ3v) is 4.93. The van der Waals surface area contributed by atoms with E-state index in [1.54, 1.807) is 12.1 Å². The first-order valence-electron chi connectivity index (χ1n) is 6.79. The summed E-state index contributed by atoms with van der Waals surface area (Å²) in [6.45, 7) is 4.43. The molecule has 0 radical (unpaired) electrons. The molecule has 0 saturated heterocycles. The van der Waals surface area contributed by atoms with E-state index in [0.29, 0.717) is 11.7 Å². The van der Waals surface area contributed by atoms with Crippen LogP contribution in [0.15, 0.2) is 35.5 Å². The second-order valence-corrected chi connectivity index (χ2v) is 7.48. The van der Waals surface area contributed by atoms with Crippen LogP contribution in [0.5, 0.6) is 0 Å². The van der Waals surface area contributed by atoms with Gasteiger partial charge in [0.2, 0.25) is 10.0 Å². The van der Waals surface area contributed by atoms with Crippen molar-refractivity contribution < 1.29 is 8.42 Å². The number of H-pyrrole nitrogens is 1. The summed E-state index contributed by atoms with van der Waals surface area (Å²) in [5.41, 5.74) is 1.14. The summed E-state index contributed by atoms with van der Waals surface area (Å²) < 4.78 is 26.2. The fourth-order valence-electron chi connectivity index (χ4n) is 2.05. The number of nitrogens with zero attached hydrogens (tertiary/aromatic N) is 3. The SMILES string of the molecule is CC(C)Cc1ccc(S(=O)(=O)N(C)Cc2ncn[nH]2)cc1. The fourth-order valence-corrected chi connectivity index (χ4v) is 3.18. The van der Waals surface area contributed by atoms with E-state index in [0.717, 1.165) is 12.0 Å². The van der Waals surface area contributed by atoms with E-state index in [4.69, 9.17) is 0 Å². The van der Waals surface area contributed by atoms with Gasteiger partial charge in [-0.1, -0.05) is 26.0 Å². The summed E-state index contributed by atoms with van der Waals surface area (Å²) >= 11 is 0. The predicted octanol–water partition coefficient (Wildman–Crippen LogP) is 1.82. The van der Waals surface area contributed by atoms with Crippen LogP contribution >= 0.6 is 0 Å². The third-order valence-electron chi connectivity index (χ3n) is 3.11. The second-order valence-electron chi connectivity index (χ2n) is 5.44. The molecule has 2 rings (SSSR count). The molecule has 0 unspecified atom stereocenters. The molecule has 1 aromatic carbocycles. The van der Waals surface area contributed by atoms with Crippen LogP contribution < -0.4 is 0 Å². The maximum atomic E-state index is 12.5. The van der Waals surface area contributed by atoms with Gasteiger partial charge in [-0.3, -0.25) is 5.10 Å². The van der Waals surface area contributed by atoms with Crippen LogP contribution in [0.25, 0.3) is 0 Å². The minimum Gasteiger partial charge on any atom is -0.262 e. The van der Waals surface area contributed by atoms with Gasteiger partial charge in [-0.25, -0.2) is 13.4 Å². The predicted molar refractivity (Wildman–Crippen MR) is 80.0 cm³/mol. The molecule has 0 aliphatic carbocycles. The number of aromatic nitrogens is 3. The Morgan fingerprint density at radius 2 is 1.90 bits per heavy atom. The summed E-state index contributed by atoms with van der Waals surface area (Å²) in [6.07, 6.45) is 2.30. The average molecular weight is 308 g/mol. The maximum Gasteiger partial charge on any atom is 0.243 e. The average Bonchev–Trinajstić information content (AvgIpc) is 2.91. The van der Waals surface area contributed by atoms with Crippen molar-refractivity contribution in [2.75, 3.05) is 7.05 Å². The highest BCUT2D eigenvalue weighted by Gasteiger charge is 2.21. The lowest BCUT2D eigenvalue weighted by molar-refractivity contribution is 0.457. The Balaban J connectivity index is 2.15. The molecule has 1 heterocycles. The van der Waals surface area contributed by atoms with Crippen LogP contribution in [0.2, 0.25) is 0 Å². The lowest BCUT2D eigenvalue weighted by Crippen LogP contribution is -2.27. The first kappa shape index (κ1) is 15.7. The lowest BCUT2D eigenvalue weighted by Gasteiger charge is -2.16. The normalized spacial score (nSPS) is 12.2. The Labute approximate surface area is 125 Å². The standard InChI is InChI=1S/C14H20N4O2S/c1-11(2)8-12-4-6-13(7-5-12)21(19,20)18(3)9-14-15-10-16-17-14/h4-7,10-11H,8-9H2,1-3H3,(H,15,16,17). The van der Waals surface area contributed by atoms with Gasteiger partial charge in [0.25, 0.3) is 0 Å². The summed E-state index contributed by atoms with van der Waals surface area (Å²) in [7, 11) is -1.99. The van der Waals surface area contributed by atoms with E-state index in [1.807, 2.05) is 12.1 Å². The topological polar surface area (TPSA) is 79.0 Å². The van der Waals surface area contributed by atoms with Crippen molar-refractivity contribution in [2.45, 2.75) is 31.7 Å². The van der Waals surface area contributed by atoms with Crippen molar-refractivity contribution in [3.8, 4) is 0 Å². The van der Waals surface area contributed by atoms with Gasteiger partial charge in [-0.05, 0) is 30.0 Å². The molecule has 2 aromatic rings. The van der Waals surface area contributed by atoms with Crippen molar-refractivity contribution in [2.24, 2.45) is 5.92 Å². The number of rotatable bonds is 6. The molecule has 0 atom stereocenters. The lowest BCUT2D eigenvalue weighted by atomic mass is 10.0. The number of nitrogens with one attached hydrogen (secondary N) is 1. The summed E-state index contributed by atoms with van der Waals surface area (Å²) in [5.74, 6) is 1.05. The van der Waals surface area contributed by atoms with Crippen molar-refractivity contribution in [3.05, 3.63) is 42.0 Å². The molecule has 0 aliphatic rings. The molecule has 0 saturated carbocycles. The summed E-state index contributed by atoms with van der Waals surface area (Å²) in [4.78, 5) is 4.23. The zero-order chi connectivity index (χ0) is 15.5. The van der Waals surface area contributed by atoms with E-state index < -0.39 is 10.0 Å². The molecule has 7 heteroatoms. The smallest absolute Gasteiger partial charge is 0.243 e. The molecule has 0 spiro atoms. The van der Waals surface area contributed by atoms with Crippen LogP contribution in [0, 0.1) is 5.92 Å². The molecular weight excluding hydrogens is 288 g/mol. The molecule has 114 valence electrons. The maximum absolute atomic E-state index is 12.5. The van der Waals surface area contributed by atoms with Gasteiger partial charge in [-0.15, -0.1) is 0 Å². The molecular formula is C14H20N4O2S. The molecule has 6 nitrogen and oxygen atoms in total. The Morgan fingerprint density at radius 3 is 2.43 bits per heavy atom. The van der Waals surface area contributed by atoms with Gasteiger partial charge >= 0.3 is 0 Å². The van der Waals surface area contributed by atoms with Crippen LogP contribution in [0.4, 0.5) is 0 Å². The first-order valence-corrected chi connectivity index (χ1v) is 8.23. The molecule has 0 fully saturated rings. The number of benzene rings is 1. The Hall–Kier alpha value is -1.73. The van der Waals surface area contributed by atoms with E-state index >= 15 is 0 Å². The Morgan fingerprint density at radius 1 is 1.24 bits per heavy atom. The second kappa shape index (κ2) is 6.36. The number of sulfonamides is 1. The van der Waals surface area contributed by atoms with Gasteiger partial charge in [0, 0.05) is 7.05 Å². The fraction of sp³-hybridized carbons (Fsp3) is 0.429. The Kier molecular flexibility index (Phi) is 4.74. The largest absolute Gasteiger partial charge is 0.262 e. The van der Waals surface area contributed by atoms with Gasteiger partial charge in [0.1, 0.15) is 12.2 Å². The van der Waals surface area contributed by atoms with Crippen molar-refractivity contribution >= 4 is 10.0 Å². The molecule has 1 N–H and O–H groups in total. The molecule has 1 aromatic heterocycles. The molecule has 0 bridgehead atoms. The Bertz CT molecular complexity index is 664. The van der Waals surface area contributed by atoms with Gasteiger partial charge < -0.3 is 0 Å². The van der Waals surface area contributed by atoms with Crippen molar-refractivity contribution in [1.82, 2.24) is 19.5 Å². The molecule has 0 amide bonds. The third kappa shape index (κ3) is 3.89. The molecule has 21 heavy (non-hydrogen) atoms. The quantitative estimate of drug-likeness (QED) is 0.883. The highest BCUT2D eigenvalue weighted by Crippen LogP contribution is 2.17. The summed E-state index contributed by atoms with van der Waals surface area (Å²) in [5, 5.41) is 6.37. The van der Waals surface area contributed by atoms with E-state index in [2.05, 4.69) is 29.0 Å². The summed E-state index contributed by atoms with van der Waals surface area (Å²) in [6, 6.07) is 7.05. The number of aromatic amines is 1. The van der Waals surface area contributed by atoms with Gasteiger partial charge in [0.15, 0.2) is 0 Å². The zero-order valence-electron chi connectivity index (χ0n) is 12.4. The highest BCUT2D eigenvalue weighted by atomic mass is 32.2. The minimum atomic E-state index is -3.51. The van der Waals surface area contributed by atoms with Crippen LogP contribution in [0.1, 0.15) is 25.2 Å². The van der Waals surface area contributed by atoms with Crippen molar-refractivity contribution in [3.63, 3.8) is 0 Å². The monoisotopic (exact) mass is 308 g/mol. The van der Waals surface area contributed by atoms with Gasteiger partial charge in [0.05, 0.1) is 11.4 Å². The van der Waals surface area contributed by atoms with E-state index in [1.165, 1.54) is 17.7 Å². The minimum absolute atomic E-state index is 0.163. The van der Waals surface area contributed by atoms with E-state index in [9.17, 15) is 8.42 Å². The van der Waals surface area contributed by atoms with E-state index in [-0.39, 0.29) is 11.4 Å². The number of hydrogen-bond acceptors (Lipinski definition) is 4. The van der Waals surface area contributed by atoms with Crippen LogP contribution in [-0.2, 0) is 23.0 Å². The van der Waals surface area contributed by atoms with Crippen molar-refractivity contribution in [1.29, 1.82) is 0 Å².